The highest BCUT2D eigenvalue weighted by atomic mass is 16.6. The average Bonchev–Trinajstić information content (AvgIpc) is 3.21. The number of ether oxygens (including phenoxy) is 3. The molecule has 2 rings (SSSR count). The average molecular weight is 775 g/mol. The summed E-state index contributed by atoms with van der Waals surface area (Å²) in [4.78, 5) is 38.6. The molecule has 6 heteroatoms. The fraction of sp³-hybridized carbons (Fsp3) is 0.660. The van der Waals surface area contributed by atoms with E-state index in [-0.39, 0.29) is 25.2 Å². The quantitative estimate of drug-likeness (QED) is 0.0297. The van der Waals surface area contributed by atoms with Crippen LogP contribution < -0.4 is 0 Å². The first kappa shape index (κ1) is 48.7. The van der Waals surface area contributed by atoms with E-state index in [1.54, 1.807) is 6.07 Å². The second-order valence-corrected chi connectivity index (χ2v) is 15.6. The van der Waals surface area contributed by atoms with Crippen molar-refractivity contribution >= 4 is 28.7 Å². The predicted octanol–water partition coefficient (Wildman–Crippen LogP) is 14.5. The van der Waals surface area contributed by atoms with Gasteiger partial charge in [-0.2, -0.15) is 0 Å². The highest BCUT2D eigenvalue weighted by molar-refractivity contribution is 6.04. The van der Waals surface area contributed by atoms with E-state index < -0.39 is 12.1 Å². The fourth-order valence-electron chi connectivity index (χ4n) is 6.93. The van der Waals surface area contributed by atoms with E-state index in [9.17, 15) is 14.4 Å². The Morgan fingerprint density at radius 1 is 0.482 bits per heavy atom. The molecule has 0 heterocycles. The molecule has 0 bridgehead atoms. The van der Waals surface area contributed by atoms with Crippen molar-refractivity contribution in [2.24, 2.45) is 0 Å². The van der Waals surface area contributed by atoms with Gasteiger partial charge in [-0.05, 0) is 81.0 Å². The molecule has 314 valence electrons. The van der Waals surface area contributed by atoms with Crippen molar-refractivity contribution in [3.8, 4) is 0 Å². The zero-order valence-corrected chi connectivity index (χ0v) is 35.6. The zero-order valence-electron chi connectivity index (χ0n) is 35.6. The summed E-state index contributed by atoms with van der Waals surface area (Å²) in [5.41, 5.74) is 0.423. The number of carbonyl (C=O) groups excluding carboxylic acids is 3. The van der Waals surface area contributed by atoms with E-state index in [1.807, 2.05) is 36.4 Å². The molecule has 0 aliphatic rings. The molecule has 0 spiro atoms. The number of hydrogen-bond donors (Lipinski definition) is 0. The monoisotopic (exact) mass is 775 g/mol. The number of unbranched alkanes of at least 4 members (excludes halogenated alkanes) is 22. The van der Waals surface area contributed by atoms with Gasteiger partial charge < -0.3 is 14.2 Å². The minimum atomic E-state index is -0.891. The van der Waals surface area contributed by atoms with E-state index in [2.05, 4.69) is 38.2 Å². The SMILES string of the molecule is CCCCCCCC/C=C\CCCCCCCC(=O)OCC(COC(=O)CCCCCCC/C=C\CCCCCCCC)OC(=O)c1cccc2ccccc12. The van der Waals surface area contributed by atoms with Gasteiger partial charge >= 0.3 is 17.9 Å². The van der Waals surface area contributed by atoms with Crippen molar-refractivity contribution in [3.05, 3.63) is 72.3 Å². The molecule has 0 N–H and O–H groups in total. The maximum Gasteiger partial charge on any atom is 0.339 e. The molecule has 0 unspecified atom stereocenters. The van der Waals surface area contributed by atoms with Crippen LogP contribution in [0.4, 0.5) is 0 Å². The Hall–Kier alpha value is -3.41. The van der Waals surface area contributed by atoms with E-state index in [1.165, 1.54) is 103 Å². The van der Waals surface area contributed by atoms with Crippen LogP contribution in [0.2, 0.25) is 0 Å². The van der Waals surface area contributed by atoms with Crippen LogP contribution in [0.1, 0.15) is 204 Å². The topological polar surface area (TPSA) is 78.9 Å². The smallest absolute Gasteiger partial charge is 0.339 e. The van der Waals surface area contributed by atoms with E-state index in [0.717, 1.165) is 75.0 Å². The summed E-state index contributed by atoms with van der Waals surface area (Å²) in [6.07, 6.45) is 40.1. The standard InChI is InChI=1S/C50H78O6/c1-3-5-7-9-11-13-15-17-19-21-23-25-27-29-31-40-48(51)54-42-45(56-50(53)47-39-35-37-44-36-33-34-38-46(44)47)43-55-49(52)41-32-30-28-26-24-22-20-18-16-14-12-10-8-6-4-2/h17-20,33-39,45H,3-16,21-32,40-43H2,1-2H3/b19-17-,20-18-. The number of carbonyl (C=O) groups is 3. The van der Waals surface area contributed by atoms with Gasteiger partial charge in [-0.3, -0.25) is 9.59 Å². The molecule has 0 aliphatic heterocycles. The fourth-order valence-corrected chi connectivity index (χ4v) is 6.93. The van der Waals surface area contributed by atoms with Crippen molar-refractivity contribution < 1.29 is 28.6 Å². The molecule has 0 amide bonds. The zero-order chi connectivity index (χ0) is 40.2. The number of esters is 3. The van der Waals surface area contributed by atoms with Crippen LogP contribution in [0.3, 0.4) is 0 Å². The molecule has 0 saturated heterocycles. The molecule has 0 saturated carbocycles. The largest absolute Gasteiger partial charge is 0.462 e. The molecule has 0 atom stereocenters. The van der Waals surface area contributed by atoms with Gasteiger partial charge in [-0.1, -0.05) is 177 Å². The summed E-state index contributed by atoms with van der Waals surface area (Å²) in [5, 5.41) is 1.71. The Morgan fingerprint density at radius 2 is 0.875 bits per heavy atom. The lowest BCUT2D eigenvalue weighted by molar-refractivity contribution is -0.152. The van der Waals surface area contributed by atoms with Gasteiger partial charge in [0.25, 0.3) is 0 Å². The van der Waals surface area contributed by atoms with Gasteiger partial charge in [0.05, 0.1) is 5.56 Å². The predicted molar refractivity (Wildman–Crippen MR) is 234 cm³/mol. The Labute approximate surface area is 341 Å². The van der Waals surface area contributed by atoms with Gasteiger partial charge in [-0.25, -0.2) is 4.79 Å². The van der Waals surface area contributed by atoms with Crippen molar-refractivity contribution in [3.63, 3.8) is 0 Å². The van der Waals surface area contributed by atoms with Crippen molar-refractivity contribution in [2.75, 3.05) is 13.2 Å². The number of allylic oxidation sites excluding steroid dienone is 4. The Balaban J connectivity index is 1.66. The van der Waals surface area contributed by atoms with Crippen LogP contribution in [-0.4, -0.2) is 37.2 Å². The normalized spacial score (nSPS) is 11.6. The van der Waals surface area contributed by atoms with Gasteiger partial charge in [0.1, 0.15) is 13.2 Å². The minimum Gasteiger partial charge on any atom is -0.462 e. The lowest BCUT2D eigenvalue weighted by Gasteiger charge is -2.19. The summed E-state index contributed by atoms with van der Waals surface area (Å²) >= 11 is 0. The molecule has 0 fully saturated rings. The molecule has 0 aromatic heterocycles. The number of rotatable bonds is 36. The first-order chi connectivity index (χ1) is 27.5. The molecular weight excluding hydrogens is 697 g/mol. The van der Waals surface area contributed by atoms with Gasteiger partial charge in [-0.15, -0.1) is 0 Å². The van der Waals surface area contributed by atoms with E-state index in [4.69, 9.17) is 14.2 Å². The van der Waals surface area contributed by atoms with Crippen LogP contribution in [-0.2, 0) is 23.8 Å². The summed E-state index contributed by atoms with van der Waals surface area (Å²) in [7, 11) is 0. The van der Waals surface area contributed by atoms with Crippen molar-refractivity contribution in [2.45, 2.75) is 200 Å². The highest BCUT2D eigenvalue weighted by Gasteiger charge is 2.21. The molecule has 6 nitrogen and oxygen atoms in total. The summed E-state index contributed by atoms with van der Waals surface area (Å²) in [6.45, 7) is 4.21. The first-order valence-corrected chi connectivity index (χ1v) is 22.8. The number of hydrogen-bond acceptors (Lipinski definition) is 6. The van der Waals surface area contributed by atoms with Gasteiger partial charge in [0.2, 0.25) is 0 Å². The summed E-state index contributed by atoms with van der Waals surface area (Å²) in [6, 6.07) is 13.1. The first-order valence-electron chi connectivity index (χ1n) is 22.8. The molecular formula is C50H78O6. The highest BCUT2D eigenvalue weighted by Crippen LogP contribution is 2.20. The van der Waals surface area contributed by atoms with Crippen LogP contribution >= 0.6 is 0 Å². The maximum atomic E-state index is 13.3. The molecule has 0 radical (unpaired) electrons. The minimum absolute atomic E-state index is 0.152. The van der Waals surface area contributed by atoms with Crippen LogP contribution in [0.25, 0.3) is 10.8 Å². The third kappa shape index (κ3) is 25.7. The lowest BCUT2D eigenvalue weighted by Crippen LogP contribution is -2.31. The third-order valence-electron chi connectivity index (χ3n) is 10.4. The lowest BCUT2D eigenvalue weighted by atomic mass is 10.0. The summed E-state index contributed by atoms with van der Waals surface area (Å²) < 4.78 is 16.9. The van der Waals surface area contributed by atoms with Crippen molar-refractivity contribution in [1.29, 1.82) is 0 Å². The Morgan fingerprint density at radius 3 is 1.34 bits per heavy atom. The Bertz CT molecular complexity index is 1280. The van der Waals surface area contributed by atoms with Gasteiger partial charge in [0.15, 0.2) is 6.10 Å². The number of benzene rings is 2. The second kappa shape index (κ2) is 34.8. The van der Waals surface area contributed by atoms with Crippen molar-refractivity contribution in [1.82, 2.24) is 0 Å². The molecule has 2 aromatic carbocycles. The van der Waals surface area contributed by atoms with E-state index >= 15 is 0 Å². The number of fused-ring (bicyclic) bond motifs is 1. The summed E-state index contributed by atoms with van der Waals surface area (Å²) in [5.74, 6) is -1.18. The second-order valence-electron chi connectivity index (χ2n) is 15.6. The molecule has 56 heavy (non-hydrogen) atoms. The van der Waals surface area contributed by atoms with Crippen LogP contribution in [0.15, 0.2) is 66.8 Å². The molecule has 2 aromatic rings. The Kier molecular flexibility index (Phi) is 30.3. The van der Waals surface area contributed by atoms with E-state index in [0.29, 0.717) is 18.4 Å². The van der Waals surface area contributed by atoms with Gasteiger partial charge in [0, 0.05) is 12.8 Å². The van der Waals surface area contributed by atoms with Crippen LogP contribution in [0, 0.1) is 0 Å². The van der Waals surface area contributed by atoms with Crippen LogP contribution in [0.5, 0.6) is 0 Å². The third-order valence-corrected chi connectivity index (χ3v) is 10.4. The molecule has 0 aliphatic carbocycles. The maximum absolute atomic E-state index is 13.3.